The Bertz CT molecular complexity index is 794. The van der Waals surface area contributed by atoms with E-state index in [1.165, 1.54) is 24.3 Å². The normalized spacial score (nSPS) is 14.7. The number of anilines is 2. The van der Waals surface area contributed by atoms with Gasteiger partial charge in [0.15, 0.2) is 0 Å². The molecule has 5 nitrogen and oxygen atoms in total. The molecular formula is C17H15F3N4OS. The smallest absolute Gasteiger partial charge is 0.337 e. The maximum Gasteiger partial charge on any atom is 0.446 e. The molecule has 0 aliphatic carbocycles. The zero-order valence-corrected chi connectivity index (χ0v) is 14.3. The quantitative estimate of drug-likeness (QED) is 0.817. The molecule has 1 aromatic carbocycles. The Morgan fingerprint density at radius 3 is 2.42 bits per heavy atom. The number of nitrogens with one attached hydrogen (secondary N) is 1. The van der Waals surface area contributed by atoms with Crippen molar-refractivity contribution in [1.29, 1.82) is 0 Å². The lowest BCUT2D eigenvalue weighted by Gasteiger charge is -2.25. The second-order valence-corrected chi connectivity index (χ2v) is 6.64. The first-order chi connectivity index (χ1) is 12.4. The lowest BCUT2D eigenvalue weighted by Crippen LogP contribution is -2.32. The average Bonchev–Trinajstić information content (AvgIpc) is 2.63. The number of hydrogen-bond donors (Lipinski definition) is 1. The summed E-state index contributed by atoms with van der Waals surface area (Å²) in [6.07, 6.45) is 5.67. The molecule has 3 rings (SSSR count). The van der Waals surface area contributed by atoms with E-state index in [1.807, 2.05) is 11.0 Å². The zero-order valence-electron chi connectivity index (χ0n) is 13.5. The van der Waals surface area contributed by atoms with Crippen molar-refractivity contribution < 1.29 is 18.0 Å². The predicted molar refractivity (Wildman–Crippen MR) is 93.9 cm³/mol. The SMILES string of the molecule is O=C(Nc1ccc(SC(F)(F)F)cc1)C1=CCN(c2ncccn2)CC1. The molecule has 1 N–H and O–H groups in total. The van der Waals surface area contributed by atoms with Crippen LogP contribution in [0.3, 0.4) is 0 Å². The van der Waals surface area contributed by atoms with E-state index in [9.17, 15) is 18.0 Å². The number of carbonyl (C=O) groups excluding carboxylic acids is 1. The van der Waals surface area contributed by atoms with E-state index in [-0.39, 0.29) is 22.6 Å². The topological polar surface area (TPSA) is 58.1 Å². The number of nitrogens with zero attached hydrogens (tertiary/aromatic N) is 3. The summed E-state index contributed by atoms with van der Waals surface area (Å²) in [7, 11) is 0. The number of aromatic nitrogens is 2. The molecule has 1 amide bonds. The van der Waals surface area contributed by atoms with Gasteiger partial charge in [-0.25, -0.2) is 9.97 Å². The molecule has 9 heteroatoms. The minimum atomic E-state index is -4.33. The van der Waals surface area contributed by atoms with Crippen molar-refractivity contribution in [2.75, 3.05) is 23.3 Å². The number of carbonyl (C=O) groups is 1. The van der Waals surface area contributed by atoms with Crippen LogP contribution < -0.4 is 10.2 Å². The fourth-order valence-corrected chi connectivity index (χ4v) is 3.00. The van der Waals surface area contributed by atoms with E-state index in [0.29, 0.717) is 36.7 Å². The summed E-state index contributed by atoms with van der Waals surface area (Å²) >= 11 is -0.187. The van der Waals surface area contributed by atoms with Crippen LogP contribution in [0, 0.1) is 0 Å². The van der Waals surface area contributed by atoms with Gasteiger partial charge in [0.1, 0.15) is 0 Å². The van der Waals surface area contributed by atoms with Crippen LogP contribution in [0.1, 0.15) is 6.42 Å². The number of rotatable bonds is 4. The van der Waals surface area contributed by atoms with Gasteiger partial charge in [0.25, 0.3) is 5.91 Å². The fourth-order valence-electron chi connectivity index (χ4n) is 2.46. The van der Waals surface area contributed by atoms with Gasteiger partial charge in [-0.15, -0.1) is 0 Å². The summed E-state index contributed by atoms with van der Waals surface area (Å²) in [6, 6.07) is 7.31. The third kappa shape index (κ3) is 4.98. The molecule has 136 valence electrons. The van der Waals surface area contributed by atoms with E-state index >= 15 is 0 Å². The van der Waals surface area contributed by atoms with Crippen LogP contribution >= 0.6 is 11.8 Å². The molecule has 0 saturated carbocycles. The second kappa shape index (κ2) is 7.77. The summed E-state index contributed by atoms with van der Waals surface area (Å²) in [6.45, 7) is 1.14. The number of benzene rings is 1. The van der Waals surface area contributed by atoms with Gasteiger partial charge in [-0.2, -0.15) is 13.2 Å². The summed E-state index contributed by atoms with van der Waals surface area (Å²) in [5, 5.41) is 2.71. The van der Waals surface area contributed by atoms with E-state index in [2.05, 4.69) is 15.3 Å². The van der Waals surface area contributed by atoms with E-state index < -0.39 is 5.51 Å². The Balaban J connectivity index is 1.58. The van der Waals surface area contributed by atoms with Gasteiger partial charge in [-0.3, -0.25) is 4.79 Å². The summed E-state index contributed by atoms with van der Waals surface area (Å²) < 4.78 is 37.0. The van der Waals surface area contributed by atoms with Crippen LogP contribution in [-0.4, -0.2) is 34.5 Å². The lowest BCUT2D eigenvalue weighted by molar-refractivity contribution is -0.113. The number of alkyl halides is 3. The van der Waals surface area contributed by atoms with Gasteiger partial charge < -0.3 is 10.2 Å². The maximum atomic E-state index is 12.3. The minimum Gasteiger partial charge on any atom is -0.337 e. The first kappa shape index (κ1) is 18.2. The molecule has 2 heterocycles. The molecule has 0 saturated heterocycles. The number of halogens is 3. The van der Waals surface area contributed by atoms with Gasteiger partial charge in [-0.1, -0.05) is 6.08 Å². The van der Waals surface area contributed by atoms with Crippen molar-refractivity contribution in [3.05, 3.63) is 54.4 Å². The number of amides is 1. The summed E-state index contributed by atoms with van der Waals surface area (Å²) in [5.41, 5.74) is -3.24. The Kier molecular flexibility index (Phi) is 5.46. The molecule has 0 unspecified atom stereocenters. The van der Waals surface area contributed by atoms with Crippen LogP contribution in [0.25, 0.3) is 0 Å². The van der Waals surface area contributed by atoms with E-state index in [1.54, 1.807) is 18.5 Å². The van der Waals surface area contributed by atoms with Crippen molar-refractivity contribution in [1.82, 2.24) is 9.97 Å². The molecule has 26 heavy (non-hydrogen) atoms. The van der Waals surface area contributed by atoms with Gasteiger partial charge in [-0.05, 0) is 48.5 Å². The first-order valence-electron chi connectivity index (χ1n) is 7.79. The third-order valence-corrected chi connectivity index (χ3v) is 4.42. The highest BCUT2D eigenvalue weighted by atomic mass is 32.2. The summed E-state index contributed by atoms with van der Waals surface area (Å²) in [4.78, 5) is 22.7. The van der Waals surface area contributed by atoms with Crippen molar-refractivity contribution >= 4 is 29.3 Å². The minimum absolute atomic E-state index is 0.0749. The van der Waals surface area contributed by atoms with Crippen molar-refractivity contribution in [2.24, 2.45) is 0 Å². The van der Waals surface area contributed by atoms with Gasteiger partial charge in [0, 0.05) is 41.6 Å². The average molecular weight is 380 g/mol. The molecule has 1 aliphatic rings. The highest BCUT2D eigenvalue weighted by Gasteiger charge is 2.29. The highest BCUT2D eigenvalue weighted by Crippen LogP contribution is 2.37. The van der Waals surface area contributed by atoms with Crippen LogP contribution in [-0.2, 0) is 4.79 Å². The van der Waals surface area contributed by atoms with Crippen LogP contribution in [0.5, 0.6) is 0 Å². The Hall–Kier alpha value is -2.55. The van der Waals surface area contributed by atoms with Crippen LogP contribution in [0.2, 0.25) is 0 Å². The summed E-state index contributed by atoms with van der Waals surface area (Å²) in [5.74, 6) is 0.357. The van der Waals surface area contributed by atoms with Gasteiger partial charge in [0.2, 0.25) is 5.95 Å². The highest BCUT2D eigenvalue weighted by molar-refractivity contribution is 8.00. The molecule has 1 aliphatic heterocycles. The fraction of sp³-hybridized carbons (Fsp3) is 0.235. The number of hydrogen-bond acceptors (Lipinski definition) is 5. The Labute approximate surface area is 152 Å². The molecule has 1 aromatic heterocycles. The lowest BCUT2D eigenvalue weighted by atomic mass is 10.1. The molecule has 0 atom stereocenters. The predicted octanol–water partition coefficient (Wildman–Crippen LogP) is 3.86. The molecule has 0 radical (unpaired) electrons. The monoisotopic (exact) mass is 380 g/mol. The second-order valence-electron chi connectivity index (χ2n) is 5.50. The number of thioether (sulfide) groups is 1. The van der Waals surface area contributed by atoms with Crippen molar-refractivity contribution in [3.8, 4) is 0 Å². The molecule has 0 bridgehead atoms. The van der Waals surface area contributed by atoms with Gasteiger partial charge >= 0.3 is 5.51 Å². The zero-order chi connectivity index (χ0) is 18.6. The molecule has 0 fully saturated rings. The third-order valence-electron chi connectivity index (χ3n) is 3.68. The molecule has 0 spiro atoms. The van der Waals surface area contributed by atoms with Crippen molar-refractivity contribution in [3.63, 3.8) is 0 Å². The largest absolute Gasteiger partial charge is 0.446 e. The molecular weight excluding hydrogens is 365 g/mol. The Morgan fingerprint density at radius 2 is 1.85 bits per heavy atom. The van der Waals surface area contributed by atoms with Crippen LogP contribution in [0.4, 0.5) is 24.8 Å². The van der Waals surface area contributed by atoms with Crippen LogP contribution in [0.15, 0.2) is 59.3 Å². The standard InChI is InChI=1S/C17H15F3N4OS/c18-17(19,20)26-14-4-2-13(3-5-14)23-15(25)12-6-10-24(11-7-12)16-21-8-1-9-22-16/h1-6,8-9H,7,10-11H2,(H,23,25). The van der Waals surface area contributed by atoms with E-state index in [4.69, 9.17) is 0 Å². The first-order valence-corrected chi connectivity index (χ1v) is 8.60. The maximum absolute atomic E-state index is 12.3. The van der Waals surface area contributed by atoms with E-state index in [0.717, 1.165) is 0 Å². The van der Waals surface area contributed by atoms with Gasteiger partial charge in [0.05, 0.1) is 0 Å². The van der Waals surface area contributed by atoms with Crippen molar-refractivity contribution in [2.45, 2.75) is 16.8 Å². The Morgan fingerprint density at radius 1 is 1.15 bits per heavy atom. The molecule has 2 aromatic rings.